The average Bonchev–Trinajstić information content (AvgIpc) is 3.35. The molecular weight excluding hydrogens is 424 g/mol. The number of para-hydroxylation sites is 1. The number of thiophene rings is 1. The lowest BCUT2D eigenvalue weighted by molar-refractivity contribution is -0.138. The third-order valence-electron chi connectivity index (χ3n) is 5.92. The smallest absolute Gasteiger partial charge is 0.339 e. The summed E-state index contributed by atoms with van der Waals surface area (Å²) in [5.74, 6) is -0.647. The summed E-state index contributed by atoms with van der Waals surface area (Å²) >= 11 is 1.68. The molecule has 164 valence electrons. The maximum absolute atomic E-state index is 13.3. The number of fused-ring (bicyclic) bond motifs is 2. The molecule has 0 spiro atoms. The van der Waals surface area contributed by atoms with E-state index in [1.165, 1.54) is 4.88 Å². The molecule has 0 unspecified atom stereocenters. The van der Waals surface area contributed by atoms with E-state index in [2.05, 4.69) is 17.5 Å². The topological polar surface area (TPSA) is 68.7 Å². The number of nitrogens with zero attached hydrogens (tertiary/aromatic N) is 2. The highest BCUT2D eigenvalue weighted by atomic mass is 32.1. The van der Waals surface area contributed by atoms with Gasteiger partial charge in [0, 0.05) is 23.4 Å². The second-order valence-electron chi connectivity index (χ2n) is 7.94. The minimum absolute atomic E-state index is 0.188. The van der Waals surface area contributed by atoms with Gasteiger partial charge in [-0.3, -0.25) is 4.79 Å². The number of allylic oxidation sites excluding steroid dienone is 1. The van der Waals surface area contributed by atoms with Crippen molar-refractivity contribution in [3.8, 4) is 0 Å². The number of carbonyl (C=O) groups excluding carboxylic acids is 2. The third kappa shape index (κ3) is 4.18. The van der Waals surface area contributed by atoms with E-state index in [0.29, 0.717) is 31.9 Å². The lowest BCUT2D eigenvalue weighted by Crippen LogP contribution is -2.42. The molecule has 1 aliphatic carbocycles. The first-order chi connectivity index (χ1) is 15.7. The van der Waals surface area contributed by atoms with Crippen molar-refractivity contribution >= 4 is 45.8 Å². The number of hydrogen-bond acceptors (Lipinski definition) is 6. The summed E-state index contributed by atoms with van der Waals surface area (Å²) in [6.07, 6.45) is 4.79. The van der Waals surface area contributed by atoms with Crippen LogP contribution < -0.4 is 0 Å². The third-order valence-corrected chi connectivity index (χ3v) is 6.74. The summed E-state index contributed by atoms with van der Waals surface area (Å²) in [7, 11) is 0. The molecule has 0 atom stereocenters. The second kappa shape index (κ2) is 9.22. The Hall–Kier alpha value is -3.03. The summed E-state index contributed by atoms with van der Waals surface area (Å²) in [6, 6.07) is 11.8. The molecular formula is C25H24N2O4S. The molecule has 3 aromatic rings. The lowest BCUT2D eigenvalue weighted by Gasteiger charge is -2.26. The van der Waals surface area contributed by atoms with Crippen LogP contribution in [0.15, 0.2) is 41.8 Å². The highest BCUT2D eigenvalue weighted by Gasteiger charge is 2.27. The molecule has 0 radical (unpaired) electrons. The Morgan fingerprint density at radius 2 is 1.97 bits per heavy atom. The molecule has 1 saturated heterocycles. The molecule has 3 heterocycles. The molecule has 2 aromatic heterocycles. The van der Waals surface area contributed by atoms with Gasteiger partial charge in [0.2, 0.25) is 0 Å². The van der Waals surface area contributed by atoms with E-state index in [0.717, 1.165) is 47.0 Å². The van der Waals surface area contributed by atoms with Crippen molar-refractivity contribution in [1.82, 2.24) is 9.88 Å². The number of esters is 1. The van der Waals surface area contributed by atoms with Gasteiger partial charge in [-0.05, 0) is 54.0 Å². The predicted molar refractivity (Wildman–Crippen MR) is 125 cm³/mol. The van der Waals surface area contributed by atoms with Crippen molar-refractivity contribution in [2.75, 3.05) is 32.9 Å². The molecule has 5 rings (SSSR count). The minimum atomic E-state index is -0.459. The van der Waals surface area contributed by atoms with Crippen LogP contribution in [0.2, 0.25) is 0 Å². The number of carbonyl (C=O) groups is 2. The highest BCUT2D eigenvalue weighted by Crippen LogP contribution is 2.36. The zero-order valence-electron chi connectivity index (χ0n) is 17.7. The van der Waals surface area contributed by atoms with E-state index >= 15 is 0 Å². The van der Waals surface area contributed by atoms with Crippen LogP contribution in [0.4, 0.5) is 0 Å². The van der Waals surface area contributed by atoms with E-state index in [1.807, 2.05) is 30.3 Å². The Morgan fingerprint density at radius 3 is 2.78 bits per heavy atom. The second-order valence-corrected chi connectivity index (χ2v) is 8.92. The summed E-state index contributed by atoms with van der Waals surface area (Å²) in [4.78, 5) is 33.5. The molecule has 1 fully saturated rings. The number of hydrogen-bond donors (Lipinski definition) is 0. The molecule has 0 N–H and O–H groups in total. The van der Waals surface area contributed by atoms with Crippen LogP contribution in [-0.4, -0.2) is 54.7 Å². The predicted octanol–water partition coefficient (Wildman–Crippen LogP) is 4.19. The van der Waals surface area contributed by atoms with Gasteiger partial charge in [-0.25, -0.2) is 9.78 Å². The molecule has 2 aliphatic rings. The van der Waals surface area contributed by atoms with Crippen molar-refractivity contribution < 1.29 is 19.1 Å². The fraction of sp³-hybridized carbons (Fsp3) is 0.320. The van der Waals surface area contributed by atoms with Crippen LogP contribution >= 0.6 is 11.3 Å². The largest absolute Gasteiger partial charge is 0.452 e. The molecule has 1 aromatic carbocycles. The van der Waals surface area contributed by atoms with Crippen LogP contribution in [0, 0.1) is 0 Å². The highest BCUT2D eigenvalue weighted by molar-refractivity contribution is 7.10. The van der Waals surface area contributed by atoms with E-state index in [1.54, 1.807) is 16.2 Å². The van der Waals surface area contributed by atoms with E-state index in [-0.39, 0.29) is 12.5 Å². The molecule has 0 bridgehead atoms. The quantitative estimate of drug-likeness (QED) is 0.560. The molecule has 32 heavy (non-hydrogen) atoms. The zero-order chi connectivity index (χ0) is 21.9. The number of benzene rings is 1. The first kappa shape index (κ1) is 20.8. The van der Waals surface area contributed by atoms with E-state index < -0.39 is 5.97 Å². The SMILES string of the molecule is O=C(OCC(=O)N1CCOCC1)c1c2c(nc3ccccc13)/C(=C\c1cccs1)CCC2. The van der Waals surface area contributed by atoms with Crippen molar-refractivity contribution in [1.29, 1.82) is 0 Å². The van der Waals surface area contributed by atoms with Gasteiger partial charge in [0.15, 0.2) is 6.61 Å². The van der Waals surface area contributed by atoms with E-state index in [9.17, 15) is 9.59 Å². The summed E-state index contributed by atoms with van der Waals surface area (Å²) in [5.41, 5.74) is 4.23. The Morgan fingerprint density at radius 1 is 1.12 bits per heavy atom. The van der Waals surface area contributed by atoms with Crippen LogP contribution in [-0.2, 0) is 20.7 Å². The van der Waals surface area contributed by atoms with Gasteiger partial charge < -0.3 is 14.4 Å². The fourth-order valence-electron chi connectivity index (χ4n) is 4.36. The Balaban J connectivity index is 1.49. The summed E-state index contributed by atoms with van der Waals surface area (Å²) < 4.78 is 10.8. The van der Waals surface area contributed by atoms with Crippen LogP contribution in [0.25, 0.3) is 22.6 Å². The standard InChI is InChI=1S/C25H24N2O4S/c28-22(27-10-12-30-13-11-27)16-31-25(29)23-19-7-1-2-9-21(19)26-24-17(5-3-8-20(23)24)15-18-6-4-14-32-18/h1-2,4,6-7,9,14-15H,3,5,8,10-13,16H2/b17-15-. The van der Waals surface area contributed by atoms with Crippen molar-refractivity contribution in [2.45, 2.75) is 19.3 Å². The molecule has 1 amide bonds. The molecule has 6 nitrogen and oxygen atoms in total. The van der Waals surface area contributed by atoms with Crippen LogP contribution in [0.3, 0.4) is 0 Å². The van der Waals surface area contributed by atoms with E-state index in [4.69, 9.17) is 14.5 Å². The summed E-state index contributed by atoms with van der Waals surface area (Å²) in [5, 5.41) is 2.82. The Kier molecular flexibility index (Phi) is 6.01. The normalized spacial score (nSPS) is 17.4. The van der Waals surface area contributed by atoms with Gasteiger partial charge >= 0.3 is 5.97 Å². The number of aromatic nitrogens is 1. The maximum Gasteiger partial charge on any atom is 0.339 e. The van der Waals surface area contributed by atoms with Gasteiger partial charge in [-0.1, -0.05) is 24.3 Å². The van der Waals surface area contributed by atoms with Gasteiger partial charge in [0.1, 0.15) is 0 Å². The van der Waals surface area contributed by atoms with Crippen molar-refractivity contribution in [2.24, 2.45) is 0 Å². The van der Waals surface area contributed by atoms with Crippen LogP contribution in [0.1, 0.15) is 39.3 Å². The van der Waals surface area contributed by atoms with Gasteiger partial charge in [-0.2, -0.15) is 0 Å². The summed E-state index contributed by atoms with van der Waals surface area (Å²) in [6.45, 7) is 1.83. The van der Waals surface area contributed by atoms with Crippen molar-refractivity contribution in [3.63, 3.8) is 0 Å². The minimum Gasteiger partial charge on any atom is -0.452 e. The lowest BCUT2D eigenvalue weighted by atomic mass is 9.86. The Labute approximate surface area is 190 Å². The molecule has 7 heteroatoms. The molecule has 1 aliphatic heterocycles. The van der Waals surface area contributed by atoms with Crippen LogP contribution in [0.5, 0.6) is 0 Å². The Bertz CT molecular complexity index is 1180. The van der Waals surface area contributed by atoms with Gasteiger partial charge in [0.25, 0.3) is 5.91 Å². The van der Waals surface area contributed by atoms with Gasteiger partial charge in [0.05, 0.1) is 30.0 Å². The first-order valence-electron chi connectivity index (χ1n) is 10.9. The molecule has 0 saturated carbocycles. The monoisotopic (exact) mass is 448 g/mol. The number of ether oxygens (including phenoxy) is 2. The zero-order valence-corrected chi connectivity index (χ0v) is 18.5. The number of amides is 1. The van der Waals surface area contributed by atoms with Gasteiger partial charge in [-0.15, -0.1) is 11.3 Å². The number of rotatable bonds is 4. The first-order valence-corrected chi connectivity index (χ1v) is 11.8. The van der Waals surface area contributed by atoms with Crippen molar-refractivity contribution in [3.05, 3.63) is 63.5 Å². The maximum atomic E-state index is 13.3. The number of morpholine rings is 1. The average molecular weight is 449 g/mol. The number of pyridine rings is 1. The fourth-order valence-corrected chi connectivity index (χ4v) is 5.04.